The van der Waals surface area contributed by atoms with Gasteiger partial charge in [0.2, 0.25) is 0 Å². The molecule has 0 spiro atoms. The van der Waals surface area contributed by atoms with E-state index in [0.29, 0.717) is 43.6 Å². The molecule has 4 N–H and O–H groups in total. The smallest absolute Gasteiger partial charge is 0.282 e. The summed E-state index contributed by atoms with van der Waals surface area (Å²) in [6.45, 7) is 1.87. The lowest BCUT2D eigenvalue weighted by Crippen LogP contribution is -2.02. The molecule has 8 aromatic carbocycles. The Morgan fingerprint density at radius 3 is 1.16 bits per heavy atom. The van der Waals surface area contributed by atoms with Crippen molar-refractivity contribution >= 4 is 103 Å². The fraction of sp³-hybridized carbons (Fsp3) is 0.0769. The molecule has 0 atom stereocenters. The van der Waals surface area contributed by atoms with Gasteiger partial charge in [-0.15, -0.1) is 20.4 Å². The normalized spacial score (nSPS) is 11.8. The van der Waals surface area contributed by atoms with Crippen LogP contribution in [0.3, 0.4) is 0 Å². The lowest BCUT2D eigenvalue weighted by atomic mass is 10.0. The molecule has 0 aliphatic carbocycles. The fourth-order valence-corrected chi connectivity index (χ4v) is 14.3. The van der Waals surface area contributed by atoms with Crippen LogP contribution in [0.4, 0.5) is 0 Å². The van der Waals surface area contributed by atoms with E-state index >= 15 is 0 Å². The van der Waals surface area contributed by atoms with Crippen LogP contribution in [0.2, 0.25) is 0 Å². The average molecular weight is 1150 g/mol. The van der Waals surface area contributed by atoms with Gasteiger partial charge in [0.15, 0.2) is 0 Å². The van der Waals surface area contributed by atoms with Crippen molar-refractivity contribution in [3.05, 3.63) is 198 Å². The molecule has 0 aliphatic heterocycles. The molecule has 0 aliphatic rings. The van der Waals surface area contributed by atoms with Crippen LogP contribution in [0.1, 0.15) is 27.8 Å². The van der Waals surface area contributed by atoms with Gasteiger partial charge < -0.3 is 0 Å². The van der Waals surface area contributed by atoms with Gasteiger partial charge in [-0.3, -0.25) is 9.11 Å². The molecule has 0 amide bonds. The predicted octanol–water partition coefficient (Wildman–Crippen LogP) is 15.5. The van der Waals surface area contributed by atoms with Gasteiger partial charge in [-0.25, -0.2) is 10.5 Å². The largest absolute Gasteiger partial charge is 0.295 e. The number of aryl methyl sites for hydroxylation is 1. The zero-order valence-electron chi connectivity index (χ0n) is 38.3. The van der Waals surface area contributed by atoms with E-state index in [4.69, 9.17) is 14.8 Å². The molecule has 0 saturated carbocycles. The molecule has 12 nitrogen and oxygen atoms in total. The van der Waals surface area contributed by atoms with Crippen molar-refractivity contribution in [3.63, 3.8) is 0 Å². The second kappa shape index (κ2) is 25.6. The highest BCUT2D eigenvalue weighted by atomic mass is 32.2. The van der Waals surface area contributed by atoms with Crippen LogP contribution in [0.5, 0.6) is 0 Å². The average Bonchev–Trinajstić information content (AvgIpc) is 3.38. The van der Waals surface area contributed by atoms with Crippen molar-refractivity contribution in [3.8, 4) is 11.1 Å². The van der Waals surface area contributed by atoms with Crippen LogP contribution in [0.15, 0.2) is 233 Å². The summed E-state index contributed by atoms with van der Waals surface area (Å²) in [6, 6.07) is 52.9. The first-order chi connectivity index (χ1) is 35.1. The molecule has 0 saturated heterocycles. The Hall–Kier alpha value is -4.21. The topological polar surface area (TPSA) is 186 Å². The van der Waals surface area contributed by atoms with Crippen molar-refractivity contribution in [1.29, 1.82) is 0 Å². The van der Waals surface area contributed by atoms with E-state index in [1.54, 1.807) is 35.7 Å². The first kappa shape index (κ1) is 55.0. The molecule has 0 aromatic heterocycles. The highest BCUT2D eigenvalue weighted by molar-refractivity contribution is 8.01. The van der Waals surface area contributed by atoms with Crippen LogP contribution in [0, 0.1) is 6.92 Å². The molecule has 73 heavy (non-hydrogen) atoms. The minimum Gasteiger partial charge on any atom is -0.282 e. The van der Waals surface area contributed by atoms with Gasteiger partial charge in [-0.2, -0.15) is 16.8 Å². The van der Waals surface area contributed by atoms with Gasteiger partial charge in [0.05, 0.1) is 29.0 Å². The molecule has 0 unspecified atom stereocenters. The number of hydrogen-bond acceptors (Lipinski definition) is 17. The molecular formula is C52H42O12S9. The molecule has 8 aromatic rings. The lowest BCUT2D eigenvalue weighted by Gasteiger charge is -2.13. The van der Waals surface area contributed by atoms with Crippen molar-refractivity contribution in [2.75, 3.05) is 6.26 Å². The standard InChI is InChI=1S/C52H42O12S9/c1-33-3-4-34(29-49(33)70-63-61-53)27-36-6-25-47(51(31-36)72(55,56)57)68-44-14-10-39(11-15-44)38-8-12-43(13-9-38)67-46-24-5-35(30-50(46)71-64-62-54)28-37-7-26-48(52(32-37)73(58,59)60)69-45-22-20-42(21-23-45)66-41-18-16-40(65-2)17-19-41/h3-26,29-32,53-54H,27-28H2,1-2H3,(H,55,56,57)(H,58,59,60). The van der Waals surface area contributed by atoms with E-state index in [1.165, 1.54) is 52.3 Å². The van der Waals surface area contributed by atoms with Crippen LogP contribution in [-0.2, 0) is 51.8 Å². The summed E-state index contributed by atoms with van der Waals surface area (Å²) >= 11 is 8.90. The Morgan fingerprint density at radius 2 is 0.740 bits per heavy atom. The van der Waals surface area contributed by atoms with E-state index in [0.717, 1.165) is 81.3 Å². The molecule has 0 fully saturated rings. The first-order valence-corrected chi connectivity index (χ1v) is 30.4. The molecule has 21 heteroatoms. The minimum absolute atomic E-state index is 0.190. The number of rotatable bonds is 22. The van der Waals surface area contributed by atoms with Gasteiger partial charge in [0, 0.05) is 49.0 Å². The van der Waals surface area contributed by atoms with E-state index in [9.17, 15) is 25.9 Å². The van der Waals surface area contributed by atoms with Crippen molar-refractivity contribution in [2.24, 2.45) is 0 Å². The van der Waals surface area contributed by atoms with E-state index in [2.05, 4.69) is 38.7 Å². The summed E-state index contributed by atoms with van der Waals surface area (Å²) in [4.78, 5) is 8.32. The summed E-state index contributed by atoms with van der Waals surface area (Å²) in [5, 5.41) is 25.2. The number of hydrogen-bond donors (Lipinski definition) is 4. The predicted molar refractivity (Wildman–Crippen MR) is 290 cm³/mol. The van der Waals surface area contributed by atoms with E-state index in [-0.39, 0.29) is 9.79 Å². The Bertz CT molecular complexity index is 3420. The van der Waals surface area contributed by atoms with E-state index < -0.39 is 20.2 Å². The zero-order chi connectivity index (χ0) is 51.5. The van der Waals surface area contributed by atoms with Gasteiger partial charge >= 0.3 is 0 Å². The number of thioether (sulfide) groups is 1. The molecular weight excluding hydrogens is 1110 g/mol. The number of benzene rings is 8. The first-order valence-electron chi connectivity index (χ1n) is 21.5. The molecule has 376 valence electrons. The Morgan fingerprint density at radius 1 is 0.397 bits per heavy atom. The summed E-state index contributed by atoms with van der Waals surface area (Å²) in [5.41, 5.74) is 5.74. The van der Waals surface area contributed by atoms with Gasteiger partial charge in [0.1, 0.15) is 9.79 Å². The Balaban J connectivity index is 0.912. The highest BCUT2D eigenvalue weighted by Gasteiger charge is 2.20. The molecule has 0 radical (unpaired) electrons. The van der Waals surface area contributed by atoms with Crippen molar-refractivity contribution < 1.29 is 55.2 Å². The quantitative estimate of drug-likeness (QED) is 0.0165. The maximum absolute atomic E-state index is 12.7. The van der Waals surface area contributed by atoms with Crippen LogP contribution in [-0.4, -0.2) is 42.7 Å². The summed E-state index contributed by atoms with van der Waals surface area (Å²) in [5.74, 6) is 0. The van der Waals surface area contributed by atoms with Crippen molar-refractivity contribution in [1.82, 2.24) is 0 Å². The zero-order valence-corrected chi connectivity index (χ0v) is 45.7. The summed E-state index contributed by atoms with van der Waals surface area (Å²) in [6.07, 6.45) is 2.74. The van der Waals surface area contributed by atoms with Crippen molar-refractivity contribution in [2.45, 2.75) is 83.4 Å². The maximum atomic E-state index is 12.7. The third-order valence-electron chi connectivity index (χ3n) is 10.8. The third kappa shape index (κ3) is 15.5. The Kier molecular flexibility index (Phi) is 19.3. The second-order valence-electron chi connectivity index (χ2n) is 15.8. The fourth-order valence-electron chi connectivity index (χ4n) is 7.30. The summed E-state index contributed by atoms with van der Waals surface area (Å²) < 4.78 is 80.4. The van der Waals surface area contributed by atoms with Gasteiger partial charge in [-0.1, -0.05) is 112 Å². The molecule has 8 rings (SSSR count). The lowest BCUT2D eigenvalue weighted by molar-refractivity contribution is -0.432. The van der Waals surface area contributed by atoms with Crippen LogP contribution >= 0.6 is 82.9 Å². The SMILES string of the molecule is CSc1ccc(Sc2ccc(Sc3ccc(Cc4ccc(Sc5ccc(-c6ccc(Sc7ccc(Cc8ccc(C)c(SOOO)c8)cc7S(=O)(=O)O)cc6)cc5)c(SOOO)c4)cc3S(=O)(=O)O)cc2)cc1. The molecule has 0 bridgehead atoms. The van der Waals surface area contributed by atoms with Crippen LogP contribution in [0.25, 0.3) is 11.1 Å². The van der Waals surface area contributed by atoms with Gasteiger partial charge in [0.25, 0.3) is 20.2 Å². The van der Waals surface area contributed by atoms with E-state index in [1.807, 2.05) is 135 Å². The van der Waals surface area contributed by atoms with Crippen LogP contribution < -0.4 is 0 Å². The Labute approximate surface area is 453 Å². The highest BCUT2D eigenvalue weighted by Crippen LogP contribution is 2.41. The minimum atomic E-state index is -4.57. The monoisotopic (exact) mass is 1150 g/mol. The molecule has 0 heterocycles. The maximum Gasteiger partial charge on any atom is 0.295 e. The second-order valence-corrected chi connectivity index (χ2v) is 25.4. The summed E-state index contributed by atoms with van der Waals surface area (Å²) in [7, 11) is -9.14. The van der Waals surface area contributed by atoms with Gasteiger partial charge in [-0.05, 0) is 180 Å². The third-order valence-corrected chi connectivity index (χ3v) is 19.4.